The van der Waals surface area contributed by atoms with Crippen molar-refractivity contribution in [3.05, 3.63) is 80.6 Å². The van der Waals surface area contributed by atoms with E-state index in [0.29, 0.717) is 23.0 Å². The molecule has 0 spiro atoms. The Bertz CT molecular complexity index is 1030. The third-order valence-electron chi connectivity index (χ3n) is 4.31. The van der Waals surface area contributed by atoms with Crippen LogP contribution in [0.15, 0.2) is 48.5 Å². The lowest BCUT2D eigenvalue weighted by atomic mass is 10.2. The van der Waals surface area contributed by atoms with Crippen molar-refractivity contribution in [2.75, 3.05) is 13.2 Å². The molecule has 9 heteroatoms. The van der Waals surface area contributed by atoms with Gasteiger partial charge in [0.15, 0.2) is 0 Å². The van der Waals surface area contributed by atoms with E-state index in [9.17, 15) is 9.90 Å². The number of rotatable bonds is 8. The minimum absolute atomic E-state index is 0.0311. The van der Waals surface area contributed by atoms with E-state index in [4.69, 9.17) is 39.5 Å². The maximum Gasteiger partial charge on any atom is 0.256 e. The summed E-state index contributed by atoms with van der Waals surface area (Å²) < 4.78 is 7.05. The molecule has 1 amide bonds. The van der Waals surface area contributed by atoms with Crippen LogP contribution < -0.4 is 10.1 Å². The molecule has 1 atom stereocenters. The second-order valence-corrected chi connectivity index (χ2v) is 7.76. The highest BCUT2D eigenvalue weighted by atomic mass is 35.5. The Kier molecular flexibility index (Phi) is 7.61. The molecule has 30 heavy (non-hydrogen) atoms. The fourth-order valence-electron chi connectivity index (χ4n) is 2.81. The second kappa shape index (κ2) is 10.2. The first-order valence-corrected chi connectivity index (χ1v) is 10.3. The number of hydrogen-bond donors (Lipinski definition) is 2. The summed E-state index contributed by atoms with van der Waals surface area (Å²) in [7, 11) is 0. The van der Waals surface area contributed by atoms with Crippen molar-refractivity contribution in [2.24, 2.45) is 0 Å². The van der Waals surface area contributed by atoms with Crippen LogP contribution in [0, 0.1) is 6.92 Å². The van der Waals surface area contributed by atoms with Gasteiger partial charge < -0.3 is 15.2 Å². The van der Waals surface area contributed by atoms with Crippen LogP contribution in [0.3, 0.4) is 0 Å². The molecule has 3 rings (SSSR count). The molecule has 1 heterocycles. The number of aliphatic hydroxyl groups is 1. The summed E-state index contributed by atoms with van der Waals surface area (Å²) in [5, 5.41) is 18.0. The molecule has 0 aliphatic rings. The van der Waals surface area contributed by atoms with Gasteiger partial charge in [-0.3, -0.25) is 4.79 Å². The van der Waals surface area contributed by atoms with Crippen molar-refractivity contribution < 1.29 is 14.6 Å². The zero-order valence-corrected chi connectivity index (χ0v) is 18.4. The second-order valence-electron chi connectivity index (χ2n) is 6.62. The van der Waals surface area contributed by atoms with E-state index in [1.54, 1.807) is 29.8 Å². The van der Waals surface area contributed by atoms with Gasteiger partial charge >= 0.3 is 0 Å². The van der Waals surface area contributed by atoms with Gasteiger partial charge in [0.2, 0.25) is 0 Å². The molecule has 1 unspecified atom stereocenters. The van der Waals surface area contributed by atoms with Crippen LogP contribution in [0.5, 0.6) is 5.75 Å². The third-order valence-corrected chi connectivity index (χ3v) is 5.50. The van der Waals surface area contributed by atoms with Crippen molar-refractivity contribution >= 4 is 40.7 Å². The van der Waals surface area contributed by atoms with Crippen molar-refractivity contribution in [1.29, 1.82) is 0 Å². The molecule has 1 aromatic heterocycles. The van der Waals surface area contributed by atoms with Gasteiger partial charge in [0.1, 0.15) is 28.6 Å². The van der Waals surface area contributed by atoms with Crippen LogP contribution >= 0.6 is 34.8 Å². The molecule has 2 N–H and O–H groups in total. The zero-order valence-electron chi connectivity index (χ0n) is 16.1. The first-order chi connectivity index (χ1) is 14.4. The third kappa shape index (κ3) is 5.46. The quantitative estimate of drug-likeness (QED) is 0.515. The molecule has 0 aliphatic carbocycles. The molecule has 3 aromatic rings. The summed E-state index contributed by atoms with van der Waals surface area (Å²) in [5.74, 6) is -0.0627. The van der Waals surface area contributed by atoms with Crippen LogP contribution in [0.25, 0.3) is 0 Å². The lowest BCUT2D eigenvalue weighted by Gasteiger charge is -2.14. The van der Waals surface area contributed by atoms with Crippen molar-refractivity contribution in [3.8, 4) is 5.75 Å². The largest absolute Gasteiger partial charge is 0.489 e. The Morgan fingerprint density at radius 1 is 1.17 bits per heavy atom. The van der Waals surface area contributed by atoms with E-state index in [2.05, 4.69) is 10.4 Å². The summed E-state index contributed by atoms with van der Waals surface area (Å²) in [6.45, 7) is 2.06. The lowest BCUT2D eigenvalue weighted by molar-refractivity contribution is 0.0843. The summed E-state index contributed by atoms with van der Waals surface area (Å²) in [4.78, 5) is 12.6. The average molecular weight is 469 g/mol. The monoisotopic (exact) mass is 467 g/mol. The number of amides is 1. The fourth-order valence-corrected chi connectivity index (χ4v) is 3.48. The SMILES string of the molecule is Cc1nn(Cc2ccccc2)c(Cl)c1C(=O)NCC(O)COc1cccc(Cl)c1Cl. The maximum atomic E-state index is 12.6. The molecule has 158 valence electrons. The van der Waals surface area contributed by atoms with E-state index < -0.39 is 12.0 Å². The van der Waals surface area contributed by atoms with E-state index in [1.807, 2.05) is 30.3 Å². The van der Waals surface area contributed by atoms with E-state index >= 15 is 0 Å². The summed E-state index contributed by atoms with van der Waals surface area (Å²) in [6, 6.07) is 14.6. The smallest absolute Gasteiger partial charge is 0.256 e. The highest BCUT2D eigenvalue weighted by molar-refractivity contribution is 6.42. The molecular formula is C21H20Cl3N3O3. The van der Waals surface area contributed by atoms with Crippen molar-refractivity contribution in [2.45, 2.75) is 19.6 Å². The highest BCUT2D eigenvalue weighted by Gasteiger charge is 2.21. The number of aryl methyl sites for hydroxylation is 1. The van der Waals surface area contributed by atoms with Gasteiger partial charge in [-0.15, -0.1) is 0 Å². The molecule has 0 saturated heterocycles. The summed E-state index contributed by atoms with van der Waals surface area (Å²) in [6.07, 6.45) is -0.956. The Morgan fingerprint density at radius 3 is 2.63 bits per heavy atom. The van der Waals surface area contributed by atoms with Crippen molar-refractivity contribution in [1.82, 2.24) is 15.1 Å². The summed E-state index contributed by atoms with van der Waals surface area (Å²) in [5.41, 5.74) is 1.80. The average Bonchev–Trinajstić information content (AvgIpc) is 3.01. The maximum absolute atomic E-state index is 12.6. The topological polar surface area (TPSA) is 76.4 Å². The molecule has 0 aliphatic heterocycles. The van der Waals surface area contributed by atoms with Crippen molar-refractivity contribution in [3.63, 3.8) is 0 Å². The first kappa shape index (κ1) is 22.4. The predicted octanol–water partition coefficient (Wildman–Crippen LogP) is 4.37. The highest BCUT2D eigenvalue weighted by Crippen LogP contribution is 2.31. The molecule has 0 radical (unpaired) electrons. The molecule has 0 saturated carbocycles. The number of hydrogen-bond acceptors (Lipinski definition) is 4. The standard InChI is InChI=1S/C21H20Cl3N3O3/c1-13-18(20(24)27(26-13)11-14-6-3-2-4-7-14)21(29)25-10-15(28)12-30-17-9-5-8-16(22)19(17)23/h2-9,15,28H,10-12H2,1H3,(H,25,29). The van der Waals surface area contributed by atoms with Crippen LogP contribution in [-0.2, 0) is 6.54 Å². The van der Waals surface area contributed by atoms with E-state index in [-0.39, 0.29) is 28.9 Å². The Labute approximate surface area is 189 Å². The van der Waals surface area contributed by atoms with Crippen LogP contribution in [-0.4, -0.2) is 40.0 Å². The number of halogens is 3. The number of aliphatic hydroxyl groups excluding tert-OH is 1. The molecule has 6 nitrogen and oxygen atoms in total. The molecular weight excluding hydrogens is 449 g/mol. The Hall–Kier alpha value is -2.25. The van der Waals surface area contributed by atoms with Gasteiger partial charge in [-0.1, -0.05) is 71.2 Å². The zero-order chi connectivity index (χ0) is 21.7. The Morgan fingerprint density at radius 2 is 1.90 bits per heavy atom. The molecule has 2 aromatic carbocycles. The van der Waals surface area contributed by atoms with Gasteiger partial charge in [0.25, 0.3) is 5.91 Å². The number of benzene rings is 2. The van der Waals surface area contributed by atoms with E-state index in [0.717, 1.165) is 5.56 Å². The number of carbonyl (C=O) groups excluding carboxylic acids is 1. The number of nitrogens with zero attached hydrogens (tertiary/aromatic N) is 2. The fraction of sp³-hybridized carbons (Fsp3) is 0.238. The van der Waals surface area contributed by atoms with Gasteiger partial charge in [0.05, 0.1) is 22.8 Å². The first-order valence-electron chi connectivity index (χ1n) is 9.16. The molecule has 0 fully saturated rings. The van der Waals surface area contributed by atoms with Gasteiger partial charge in [-0.05, 0) is 24.6 Å². The Balaban J connectivity index is 1.57. The van der Waals surface area contributed by atoms with Gasteiger partial charge in [-0.2, -0.15) is 5.10 Å². The molecule has 0 bridgehead atoms. The number of aromatic nitrogens is 2. The number of carbonyl (C=O) groups is 1. The van der Waals surface area contributed by atoms with E-state index in [1.165, 1.54) is 0 Å². The minimum Gasteiger partial charge on any atom is -0.489 e. The van der Waals surface area contributed by atoms with Crippen LogP contribution in [0.1, 0.15) is 21.6 Å². The van der Waals surface area contributed by atoms with Gasteiger partial charge in [-0.25, -0.2) is 4.68 Å². The normalized spacial score (nSPS) is 11.9. The van der Waals surface area contributed by atoms with Crippen LogP contribution in [0.4, 0.5) is 0 Å². The summed E-state index contributed by atoms with van der Waals surface area (Å²) >= 11 is 18.4. The minimum atomic E-state index is -0.956. The van der Waals surface area contributed by atoms with Crippen LogP contribution in [0.2, 0.25) is 15.2 Å². The predicted molar refractivity (Wildman–Crippen MR) is 118 cm³/mol. The number of nitrogens with one attached hydrogen (secondary N) is 1. The lowest BCUT2D eigenvalue weighted by Crippen LogP contribution is -2.35. The number of ether oxygens (including phenoxy) is 1. The van der Waals surface area contributed by atoms with Gasteiger partial charge in [0, 0.05) is 6.54 Å².